The number of benzene rings is 2. The molecule has 0 spiro atoms. The molecule has 0 saturated heterocycles. The zero-order chi connectivity index (χ0) is 16.4. The standard InChI is InChI=1S/C10H14O2.C9H12O/c1-10(11-2,12-3)9-7-5-4-6-8-9;1-8(10-2)9-6-4-3-5-7-9/h4-8H,1-3H3;3-8H,1-2H3. The minimum atomic E-state index is -0.624. The number of ether oxygens (including phenoxy) is 3. The van der Waals surface area contributed by atoms with E-state index in [1.165, 1.54) is 5.56 Å². The largest absolute Gasteiger partial charge is 0.377 e. The Kier molecular flexibility index (Phi) is 7.82. The average molecular weight is 302 g/mol. The minimum Gasteiger partial charge on any atom is -0.377 e. The molecule has 0 heterocycles. The highest BCUT2D eigenvalue weighted by Gasteiger charge is 2.24. The van der Waals surface area contributed by atoms with Crippen molar-refractivity contribution in [3.05, 3.63) is 71.8 Å². The van der Waals surface area contributed by atoms with Gasteiger partial charge in [0.2, 0.25) is 0 Å². The summed E-state index contributed by atoms with van der Waals surface area (Å²) in [5.41, 5.74) is 2.25. The molecule has 120 valence electrons. The first-order chi connectivity index (χ1) is 10.6. The Hall–Kier alpha value is -1.68. The zero-order valence-electron chi connectivity index (χ0n) is 14.1. The maximum Gasteiger partial charge on any atom is 0.191 e. The lowest BCUT2D eigenvalue weighted by Crippen LogP contribution is -2.26. The van der Waals surface area contributed by atoms with Crippen LogP contribution in [0.25, 0.3) is 0 Å². The van der Waals surface area contributed by atoms with Crippen LogP contribution in [0, 0.1) is 0 Å². The third-order valence-corrected chi connectivity index (χ3v) is 3.70. The monoisotopic (exact) mass is 302 g/mol. The molecule has 3 nitrogen and oxygen atoms in total. The second kappa shape index (κ2) is 9.36. The van der Waals surface area contributed by atoms with Gasteiger partial charge in [-0.1, -0.05) is 60.7 Å². The van der Waals surface area contributed by atoms with Gasteiger partial charge in [0.15, 0.2) is 5.79 Å². The van der Waals surface area contributed by atoms with Crippen LogP contribution in [0.2, 0.25) is 0 Å². The Morgan fingerprint density at radius 1 is 0.773 bits per heavy atom. The highest BCUT2D eigenvalue weighted by Crippen LogP contribution is 2.24. The molecule has 1 atom stereocenters. The van der Waals surface area contributed by atoms with Gasteiger partial charge < -0.3 is 14.2 Å². The molecule has 2 rings (SSSR count). The van der Waals surface area contributed by atoms with Gasteiger partial charge in [0.1, 0.15) is 0 Å². The molecule has 0 N–H and O–H groups in total. The zero-order valence-corrected chi connectivity index (χ0v) is 14.1. The first kappa shape index (κ1) is 18.4. The first-order valence-electron chi connectivity index (χ1n) is 7.31. The summed E-state index contributed by atoms with van der Waals surface area (Å²) in [5.74, 6) is -0.624. The van der Waals surface area contributed by atoms with Gasteiger partial charge in [-0.3, -0.25) is 0 Å². The Bertz CT molecular complexity index is 507. The molecule has 3 heteroatoms. The highest BCUT2D eigenvalue weighted by molar-refractivity contribution is 5.19. The molecule has 2 aromatic carbocycles. The Morgan fingerprint density at radius 2 is 1.23 bits per heavy atom. The SMILES string of the molecule is COC(C)(OC)c1ccccc1.COC(C)c1ccccc1. The van der Waals surface area contributed by atoms with Crippen molar-refractivity contribution in [1.29, 1.82) is 0 Å². The molecule has 0 amide bonds. The molecule has 0 aromatic heterocycles. The molecule has 2 aromatic rings. The summed E-state index contributed by atoms with van der Waals surface area (Å²) in [6, 6.07) is 20.0. The van der Waals surface area contributed by atoms with E-state index < -0.39 is 5.79 Å². The smallest absolute Gasteiger partial charge is 0.191 e. The molecular formula is C19H26O3. The minimum absolute atomic E-state index is 0.209. The van der Waals surface area contributed by atoms with E-state index in [1.807, 2.05) is 62.4 Å². The maximum atomic E-state index is 5.25. The van der Waals surface area contributed by atoms with E-state index >= 15 is 0 Å². The van der Waals surface area contributed by atoms with E-state index in [4.69, 9.17) is 14.2 Å². The Morgan fingerprint density at radius 3 is 1.64 bits per heavy atom. The fourth-order valence-electron chi connectivity index (χ4n) is 1.92. The Labute approximate surface area is 133 Å². The summed E-state index contributed by atoms with van der Waals surface area (Å²) >= 11 is 0. The lowest BCUT2D eigenvalue weighted by molar-refractivity contribution is -0.201. The van der Waals surface area contributed by atoms with Crippen LogP contribution in [-0.4, -0.2) is 21.3 Å². The van der Waals surface area contributed by atoms with E-state index in [-0.39, 0.29) is 6.10 Å². The molecule has 0 bridgehead atoms. The van der Waals surface area contributed by atoms with Crippen molar-refractivity contribution in [2.24, 2.45) is 0 Å². The van der Waals surface area contributed by atoms with Crippen molar-refractivity contribution < 1.29 is 14.2 Å². The lowest BCUT2D eigenvalue weighted by Gasteiger charge is -2.26. The van der Waals surface area contributed by atoms with Crippen LogP contribution < -0.4 is 0 Å². The van der Waals surface area contributed by atoms with E-state index in [0.29, 0.717) is 0 Å². The fourth-order valence-corrected chi connectivity index (χ4v) is 1.92. The molecule has 0 fully saturated rings. The van der Waals surface area contributed by atoms with Crippen LogP contribution in [0.3, 0.4) is 0 Å². The van der Waals surface area contributed by atoms with Gasteiger partial charge in [0.25, 0.3) is 0 Å². The quantitative estimate of drug-likeness (QED) is 0.759. The van der Waals surface area contributed by atoms with Gasteiger partial charge in [-0.15, -0.1) is 0 Å². The predicted octanol–water partition coefficient (Wildman–Crippen LogP) is 4.55. The summed E-state index contributed by atoms with van der Waals surface area (Å²) < 4.78 is 15.6. The predicted molar refractivity (Wildman–Crippen MR) is 89.7 cm³/mol. The second-order valence-electron chi connectivity index (χ2n) is 5.01. The average Bonchev–Trinajstić information content (AvgIpc) is 2.62. The first-order valence-corrected chi connectivity index (χ1v) is 7.31. The molecule has 1 unspecified atom stereocenters. The number of hydrogen-bond acceptors (Lipinski definition) is 3. The van der Waals surface area contributed by atoms with E-state index in [1.54, 1.807) is 21.3 Å². The van der Waals surface area contributed by atoms with Crippen molar-refractivity contribution in [2.45, 2.75) is 25.7 Å². The Balaban J connectivity index is 0.000000224. The molecule has 0 aliphatic carbocycles. The summed E-state index contributed by atoms with van der Waals surface area (Å²) in [4.78, 5) is 0. The number of hydrogen-bond donors (Lipinski definition) is 0. The summed E-state index contributed by atoms with van der Waals surface area (Å²) in [5, 5.41) is 0. The van der Waals surface area contributed by atoms with Crippen LogP contribution in [0.15, 0.2) is 60.7 Å². The van der Waals surface area contributed by atoms with Crippen molar-refractivity contribution in [3.8, 4) is 0 Å². The van der Waals surface area contributed by atoms with Gasteiger partial charge >= 0.3 is 0 Å². The molecule has 0 aliphatic heterocycles. The topological polar surface area (TPSA) is 27.7 Å². The van der Waals surface area contributed by atoms with Crippen LogP contribution >= 0.6 is 0 Å². The summed E-state index contributed by atoms with van der Waals surface area (Å²) in [6.45, 7) is 3.93. The van der Waals surface area contributed by atoms with E-state index in [0.717, 1.165) is 5.56 Å². The highest BCUT2D eigenvalue weighted by atomic mass is 16.7. The van der Waals surface area contributed by atoms with Gasteiger partial charge in [0.05, 0.1) is 6.10 Å². The maximum absolute atomic E-state index is 5.25. The molecular weight excluding hydrogens is 276 g/mol. The molecule has 0 radical (unpaired) electrons. The van der Waals surface area contributed by atoms with Gasteiger partial charge in [-0.05, 0) is 19.4 Å². The third kappa shape index (κ3) is 5.26. The van der Waals surface area contributed by atoms with Crippen LogP contribution in [0.4, 0.5) is 0 Å². The van der Waals surface area contributed by atoms with Crippen LogP contribution in [0.5, 0.6) is 0 Å². The van der Waals surface area contributed by atoms with Crippen LogP contribution in [0.1, 0.15) is 31.1 Å². The van der Waals surface area contributed by atoms with Gasteiger partial charge in [-0.25, -0.2) is 0 Å². The third-order valence-electron chi connectivity index (χ3n) is 3.70. The van der Waals surface area contributed by atoms with E-state index in [2.05, 4.69) is 12.1 Å². The van der Waals surface area contributed by atoms with Crippen molar-refractivity contribution >= 4 is 0 Å². The van der Waals surface area contributed by atoms with E-state index in [9.17, 15) is 0 Å². The van der Waals surface area contributed by atoms with Crippen molar-refractivity contribution in [1.82, 2.24) is 0 Å². The summed E-state index contributed by atoms with van der Waals surface area (Å²) in [7, 11) is 4.99. The fraction of sp³-hybridized carbons (Fsp3) is 0.368. The number of rotatable bonds is 5. The second-order valence-corrected chi connectivity index (χ2v) is 5.01. The lowest BCUT2D eigenvalue weighted by atomic mass is 10.1. The van der Waals surface area contributed by atoms with Crippen molar-refractivity contribution in [3.63, 3.8) is 0 Å². The van der Waals surface area contributed by atoms with Crippen LogP contribution in [-0.2, 0) is 20.0 Å². The molecule has 22 heavy (non-hydrogen) atoms. The molecule has 0 aliphatic rings. The van der Waals surface area contributed by atoms with Crippen molar-refractivity contribution in [2.75, 3.05) is 21.3 Å². The normalized spacial score (nSPS) is 12.2. The number of methoxy groups -OCH3 is 3. The summed E-state index contributed by atoms with van der Waals surface area (Å²) in [6.07, 6.45) is 0.209. The molecule has 0 saturated carbocycles. The van der Waals surface area contributed by atoms with Gasteiger partial charge in [-0.2, -0.15) is 0 Å². The van der Waals surface area contributed by atoms with Gasteiger partial charge in [0, 0.05) is 26.9 Å².